The highest BCUT2D eigenvalue weighted by Crippen LogP contribution is 2.50. The maximum atomic E-state index is 14.7. The van der Waals surface area contributed by atoms with Gasteiger partial charge in [-0.25, -0.2) is 26.3 Å². The van der Waals surface area contributed by atoms with Crippen LogP contribution in [-0.2, 0) is 13.1 Å². The van der Waals surface area contributed by atoms with E-state index in [0.717, 1.165) is 68.1 Å². The summed E-state index contributed by atoms with van der Waals surface area (Å²) in [5.41, 5.74) is 4.92. The zero-order valence-electron chi connectivity index (χ0n) is 24.6. The summed E-state index contributed by atoms with van der Waals surface area (Å²) in [6.45, 7) is 6.40. The lowest BCUT2D eigenvalue weighted by molar-refractivity contribution is -0.950. The Kier molecular flexibility index (Phi) is 6.97. The van der Waals surface area contributed by atoms with Gasteiger partial charge in [0.25, 0.3) is 0 Å². The van der Waals surface area contributed by atoms with E-state index < -0.39 is 34.9 Å². The van der Waals surface area contributed by atoms with E-state index in [2.05, 4.69) is 13.8 Å². The van der Waals surface area contributed by atoms with Gasteiger partial charge in [-0.05, 0) is 94.0 Å². The van der Waals surface area contributed by atoms with Crippen molar-refractivity contribution in [3.63, 3.8) is 0 Å². The predicted molar refractivity (Wildman–Crippen MR) is 166 cm³/mol. The molecule has 0 N–H and O–H groups in total. The van der Waals surface area contributed by atoms with Crippen LogP contribution in [0.4, 0.5) is 26.3 Å². The molecule has 0 saturated heterocycles. The fourth-order valence-corrected chi connectivity index (χ4v) is 7.02. The first-order valence-corrected chi connectivity index (χ1v) is 14.9. The number of nitrogens with zero attached hydrogens (tertiary/aromatic N) is 1. The molecule has 0 saturated carbocycles. The van der Waals surface area contributed by atoms with Crippen LogP contribution in [-0.4, -0.2) is 17.6 Å². The summed E-state index contributed by atoms with van der Waals surface area (Å²) < 4.78 is 87.6. The number of halogens is 6. The molecule has 1 heterocycles. The molecule has 0 aromatic heterocycles. The molecule has 0 spiro atoms. The molecule has 1 aliphatic heterocycles. The molecule has 45 heavy (non-hydrogen) atoms. The number of fused-ring (bicyclic) bond motifs is 7. The van der Waals surface area contributed by atoms with E-state index in [1.54, 1.807) is 0 Å². The Balaban J connectivity index is 1.71. The molecule has 0 atom stereocenters. The summed E-state index contributed by atoms with van der Waals surface area (Å²) in [5, 5.41) is 3.41. The fourth-order valence-electron chi connectivity index (χ4n) is 7.02. The first-order valence-electron chi connectivity index (χ1n) is 14.9. The van der Waals surface area contributed by atoms with Gasteiger partial charge >= 0.3 is 0 Å². The maximum absolute atomic E-state index is 14.7. The molecule has 0 fully saturated rings. The van der Waals surface area contributed by atoms with Gasteiger partial charge in [-0.3, -0.25) is 0 Å². The smallest absolute Gasteiger partial charge is 0.194 e. The van der Waals surface area contributed by atoms with E-state index in [1.165, 1.54) is 0 Å². The van der Waals surface area contributed by atoms with Gasteiger partial charge in [-0.15, -0.1) is 0 Å². The zero-order valence-corrected chi connectivity index (χ0v) is 24.6. The molecule has 1 nitrogen and oxygen atoms in total. The van der Waals surface area contributed by atoms with Crippen molar-refractivity contribution in [2.75, 3.05) is 13.1 Å². The monoisotopic (exact) mass is 612 g/mol. The van der Waals surface area contributed by atoms with Crippen LogP contribution in [0.3, 0.4) is 0 Å². The first-order chi connectivity index (χ1) is 21.6. The van der Waals surface area contributed by atoms with E-state index in [9.17, 15) is 26.3 Å². The van der Waals surface area contributed by atoms with E-state index in [-0.39, 0.29) is 11.1 Å². The third-order valence-electron chi connectivity index (χ3n) is 9.48. The molecule has 6 aromatic rings. The summed E-state index contributed by atoms with van der Waals surface area (Å²) >= 11 is 0. The standard InChI is InChI=1S/C38H28F6N/c1-3-45(4-2)19-29-27(23-15-31(39)37(43)32(40)16-23)13-21-9-5-7-11-25(21)35(29)36-26-12-8-6-10-22(26)14-28(30(36)20-45)24-17-33(41)38(44)34(42)18-24/h5-18H,3-4,19-20H2,1-2H3/q+1. The normalized spacial score (nSPS) is 14.0. The first kappa shape index (κ1) is 29.1. The van der Waals surface area contributed by atoms with Crippen LogP contribution in [0.1, 0.15) is 25.0 Å². The van der Waals surface area contributed by atoms with Gasteiger partial charge < -0.3 is 4.48 Å². The molecule has 0 radical (unpaired) electrons. The van der Waals surface area contributed by atoms with Gasteiger partial charge in [0.1, 0.15) is 13.1 Å². The minimum absolute atomic E-state index is 0.213. The molecule has 0 aliphatic carbocycles. The summed E-state index contributed by atoms with van der Waals surface area (Å²) in [6, 6.07) is 23.3. The minimum Gasteiger partial charge on any atom is -0.316 e. The predicted octanol–water partition coefficient (Wildman–Crippen LogP) is 10.7. The Bertz CT molecular complexity index is 1970. The van der Waals surface area contributed by atoms with Crippen LogP contribution in [0, 0.1) is 34.9 Å². The number of quaternary nitrogens is 1. The number of hydrogen-bond acceptors (Lipinski definition) is 0. The third-order valence-corrected chi connectivity index (χ3v) is 9.48. The lowest BCUT2D eigenvalue weighted by atomic mass is 9.82. The van der Waals surface area contributed by atoms with Gasteiger partial charge in [0, 0.05) is 22.3 Å². The molecule has 0 bridgehead atoms. The van der Waals surface area contributed by atoms with Crippen molar-refractivity contribution in [2.45, 2.75) is 26.9 Å². The Hall–Kier alpha value is -4.62. The molecule has 0 unspecified atom stereocenters. The van der Waals surface area contributed by atoms with Crippen LogP contribution >= 0.6 is 0 Å². The van der Waals surface area contributed by atoms with Gasteiger partial charge in [-0.1, -0.05) is 48.5 Å². The Morgan fingerprint density at radius 1 is 0.511 bits per heavy atom. The summed E-state index contributed by atoms with van der Waals surface area (Å²) in [4.78, 5) is 0. The maximum Gasteiger partial charge on any atom is 0.194 e. The topological polar surface area (TPSA) is 0 Å². The Labute approximate surface area is 256 Å². The Morgan fingerprint density at radius 3 is 1.22 bits per heavy atom. The van der Waals surface area contributed by atoms with E-state index in [0.29, 0.717) is 41.8 Å². The molecule has 7 heteroatoms. The molecule has 6 aromatic carbocycles. The summed E-state index contributed by atoms with van der Waals surface area (Å²) in [6.07, 6.45) is 0. The molecular weight excluding hydrogens is 584 g/mol. The van der Waals surface area contributed by atoms with E-state index >= 15 is 0 Å². The second-order valence-electron chi connectivity index (χ2n) is 11.8. The van der Waals surface area contributed by atoms with Gasteiger partial charge in [0.15, 0.2) is 34.9 Å². The molecular formula is C38H28F6N+. The molecule has 0 amide bonds. The van der Waals surface area contributed by atoms with Crippen LogP contribution in [0.25, 0.3) is 54.9 Å². The second-order valence-corrected chi connectivity index (χ2v) is 11.8. The molecule has 7 rings (SSSR count). The lowest BCUT2D eigenvalue weighted by Gasteiger charge is -2.37. The van der Waals surface area contributed by atoms with Crippen molar-refractivity contribution in [3.8, 4) is 33.4 Å². The summed E-state index contributed by atoms with van der Waals surface area (Å²) in [7, 11) is 0. The number of hydrogen-bond donors (Lipinski definition) is 0. The fraction of sp³-hybridized carbons (Fsp3) is 0.158. The van der Waals surface area contributed by atoms with Gasteiger partial charge in [-0.2, -0.15) is 0 Å². The minimum atomic E-state index is -1.53. The number of benzene rings is 6. The van der Waals surface area contributed by atoms with Crippen molar-refractivity contribution in [3.05, 3.63) is 131 Å². The van der Waals surface area contributed by atoms with Crippen molar-refractivity contribution in [2.24, 2.45) is 0 Å². The van der Waals surface area contributed by atoms with Crippen molar-refractivity contribution in [1.29, 1.82) is 0 Å². The Morgan fingerprint density at radius 2 is 0.867 bits per heavy atom. The molecule has 1 aliphatic rings. The van der Waals surface area contributed by atoms with Crippen LogP contribution in [0.5, 0.6) is 0 Å². The van der Waals surface area contributed by atoms with Gasteiger partial charge in [0.05, 0.1) is 13.1 Å². The van der Waals surface area contributed by atoms with Crippen molar-refractivity contribution < 1.29 is 30.8 Å². The molecule has 226 valence electrons. The van der Waals surface area contributed by atoms with E-state index in [1.807, 2.05) is 60.7 Å². The van der Waals surface area contributed by atoms with E-state index in [4.69, 9.17) is 0 Å². The highest BCUT2D eigenvalue weighted by atomic mass is 19.2. The SMILES string of the molecule is CC[N+]1(CC)Cc2c(-c3cc(F)c(F)c(F)c3)cc3ccccc3c2-c2c(c(-c3cc(F)c(F)c(F)c3)cc3ccccc23)C1. The van der Waals surface area contributed by atoms with Crippen molar-refractivity contribution in [1.82, 2.24) is 0 Å². The number of rotatable bonds is 4. The average Bonchev–Trinajstić information content (AvgIpc) is 3.20. The summed E-state index contributed by atoms with van der Waals surface area (Å²) in [5.74, 6) is -8.17. The van der Waals surface area contributed by atoms with Crippen molar-refractivity contribution >= 4 is 21.5 Å². The highest BCUT2D eigenvalue weighted by Gasteiger charge is 2.36. The lowest BCUT2D eigenvalue weighted by Crippen LogP contribution is -2.45. The third kappa shape index (κ3) is 4.60. The van der Waals surface area contributed by atoms with Crippen LogP contribution < -0.4 is 0 Å². The quantitative estimate of drug-likeness (QED) is 0.106. The zero-order chi connectivity index (χ0) is 31.6. The van der Waals surface area contributed by atoms with Crippen LogP contribution in [0.15, 0.2) is 84.9 Å². The van der Waals surface area contributed by atoms with Gasteiger partial charge in [0.2, 0.25) is 0 Å². The average molecular weight is 613 g/mol. The second kappa shape index (κ2) is 10.8. The largest absolute Gasteiger partial charge is 0.316 e. The highest BCUT2D eigenvalue weighted by molar-refractivity contribution is 6.11. The van der Waals surface area contributed by atoms with Crippen LogP contribution in [0.2, 0.25) is 0 Å².